The highest BCUT2D eigenvalue weighted by molar-refractivity contribution is 5.84. The molecule has 0 aliphatic carbocycles. The monoisotopic (exact) mass is 294 g/mol. The molecule has 0 saturated heterocycles. The molecule has 0 saturated carbocycles. The molecular weight excluding hydrogens is 268 g/mol. The molecule has 0 aliphatic rings. The molecule has 0 aliphatic heterocycles. The number of anilines is 2. The van der Waals surface area contributed by atoms with Crippen molar-refractivity contribution in [2.75, 3.05) is 24.3 Å². The molecule has 0 fully saturated rings. The number of nitrogens with two attached hydrogens (primary N) is 1. The van der Waals surface area contributed by atoms with Gasteiger partial charge in [-0.2, -0.15) is 0 Å². The van der Waals surface area contributed by atoms with Crippen molar-refractivity contribution in [3.63, 3.8) is 0 Å². The summed E-state index contributed by atoms with van der Waals surface area (Å²) in [5.74, 6) is 7.46. The van der Waals surface area contributed by atoms with Crippen LogP contribution in [0.5, 0.6) is 0 Å². The average molecular weight is 294 g/mol. The van der Waals surface area contributed by atoms with Crippen LogP contribution in [-0.2, 0) is 11.2 Å². The summed E-state index contributed by atoms with van der Waals surface area (Å²) < 4.78 is 0. The summed E-state index contributed by atoms with van der Waals surface area (Å²) in [6.07, 6.45) is 1.71. The predicted octanol–water partition coefficient (Wildman–Crippen LogP) is 1.30. The molecule has 21 heavy (non-hydrogen) atoms. The Morgan fingerprint density at radius 1 is 1.33 bits per heavy atom. The van der Waals surface area contributed by atoms with Gasteiger partial charge in [-0.3, -0.25) is 4.79 Å². The number of amides is 1. The van der Waals surface area contributed by atoms with E-state index in [9.17, 15) is 4.79 Å². The Morgan fingerprint density at radius 3 is 2.48 bits per heavy atom. The van der Waals surface area contributed by atoms with E-state index < -0.39 is 0 Å². The fourth-order valence-corrected chi connectivity index (χ4v) is 1.93. The van der Waals surface area contributed by atoms with Gasteiger partial charge < -0.3 is 15.6 Å². The van der Waals surface area contributed by atoms with Crippen molar-refractivity contribution in [1.29, 1.82) is 0 Å². The number of hydrazine groups is 1. The van der Waals surface area contributed by atoms with Crippen molar-refractivity contribution in [3.05, 3.63) is 11.4 Å². The van der Waals surface area contributed by atoms with Crippen molar-refractivity contribution in [3.8, 4) is 0 Å². The number of carbonyl (C=O) groups excluding carboxylic acids is 1. The second-order valence-electron chi connectivity index (χ2n) is 5.07. The summed E-state index contributed by atoms with van der Waals surface area (Å²) in [4.78, 5) is 22.7. The van der Waals surface area contributed by atoms with Crippen LogP contribution in [0.2, 0.25) is 0 Å². The van der Waals surface area contributed by atoms with Crippen molar-refractivity contribution in [2.45, 2.75) is 46.6 Å². The lowest BCUT2D eigenvalue weighted by Crippen LogP contribution is -2.39. The summed E-state index contributed by atoms with van der Waals surface area (Å²) >= 11 is 0. The van der Waals surface area contributed by atoms with E-state index in [0.29, 0.717) is 24.0 Å². The second kappa shape index (κ2) is 7.78. The summed E-state index contributed by atoms with van der Waals surface area (Å²) in [5.41, 5.74) is 3.39. The van der Waals surface area contributed by atoms with E-state index in [0.717, 1.165) is 18.4 Å². The molecule has 1 heterocycles. The van der Waals surface area contributed by atoms with Gasteiger partial charge in [0, 0.05) is 25.6 Å². The molecule has 1 unspecified atom stereocenters. The number of aryl methyl sites for hydroxylation is 1. The van der Waals surface area contributed by atoms with Crippen molar-refractivity contribution < 1.29 is 4.79 Å². The average Bonchev–Trinajstić information content (AvgIpc) is 2.48. The van der Waals surface area contributed by atoms with Gasteiger partial charge in [-0.15, -0.1) is 0 Å². The van der Waals surface area contributed by atoms with Crippen LogP contribution < -0.4 is 16.6 Å². The maximum atomic E-state index is 12.1. The number of carbonyl (C=O) groups is 1. The Kier molecular flexibility index (Phi) is 6.36. The predicted molar refractivity (Wildman–Crippen MR) is 85.0 cm³/mol. The van der Waals surface area contributed by atoms with Gasteiger partial charge in [0.05, 0.1) is 0 Å². The molecule has 7 nitrogen and oxygen atoms in total. The highest BCUT2D eigenvalue weighted by Crippen LogP contribution is 2.20. The van der Waals surface area contributed by atoms with Crippen molar-refractivity contribution in [1.82, 2.24) is 14.9 Å². The molecule has 1 amide bonds. The second-order valence-corrected chi connectivity index (χ2v) is 5.07. The molecule has 1 atom stereocenters. The molecule has 118 valence electrons. The Labute approximate surface area is 126 Å². The SMILES string of the molecule is CCCc1nc(NN)c(C)c(NC(C)C(=O)N(C)CC)n1. The summed E-state index contributed by atoms with van der Waals surface area (Å²) in [5, 5.41) is 3.16. The zero-order chi connectivity index (χ0) is 16.0. The normalized spacial score (nSPS) is 11.9. The van der Waals surface area contributed by atoms with E-state index >= 15 is 0 Å². The minimum absolute atomic E-state index is 0.0230. The number of hydrogen-bond donors (Lipinski definition) is 3. The third kappa shape index (κ3) is 4.29. The summed E-state index contributed by atoms with van der Waals surface area (Å²) in [6, 6.07) is -0.358. The van der Waals surface area contributed by atoms with E-state index in [4.69, 9.17) is 5.84 Å². The van der Waals surface area contributed by atoms with Gasteiger partial charge in [-0.05, 0) is 27.2 Å². The number of rotatable bonds is 7. The maximum Gasteiger partial charge on any atom is 0.244 e. The first-order valence-electron chi connectivity index (χ1n) is 7.30. The Hall–Kier alpha value is -1.89. The van der Waals surface area contributed by atoms with Crippen LogP contribution in [0, 0.1) is 6.92 Å². The molecule has 1 aromatic rings. The lowest BCUT2D eigenvalue weighted by atomic mass is 10.2. The Bertz CT molecular complexity index is 491. The van der Waals surface area contributed by atoms with Crippen molar-refractivity contribution >= 4 is 17.5 Å². The molecule has 1 aromatic heterocycles. The number of likely N-dealkylation sites (N-methyl/N-ethyl adjacent to an activating group) is 1. The first kappa shape index (κ1) is 17.2. The highest BCUT2D eigenvalue weighted by atomic mass is 16.2. The minimum Gasteiger partial charge on any atom is -0.358 e. The molecular formula is C14H26N6O. The largest absolute Gasteiger partial charge is 0.358 e. The van der Waals surface area contributed by atoms with E-state index in [1.54, 1.807) is 11.9 Å². The highest BCUT2D eigenvalue weighted by Gasteiger charge is 2.19. The van der Waals surface area contributed by atoms with Gasteiger partial charge in [0.25, 0.3) is 0 Å². The van der Waals surface area contributed by atoms with Crippen LogP contribution in [-0.4, -0.2) is 40.4 Å². The lowest BCUT2D eigenvalue weighted by molar-refractivity contribution is -0.130. The van der Waals surface area contributed by atoms with E-state index in [-0.39, 0.29) is 11.9 Å². The van der Waals surface area contributed by atoms with Gasteiger partial charge in [-0.25, -0.2) is 15.8 Å². The van der Waals surface area contributed by atoms with E-state index in [2.05, 4.69) is 27.6 Å². The third-order valence-electron chi connectivity index (χ3n) is 3.38. The van der Waals surface area contributed by atoms with Crippen LogP contribution >= 0.6 is 0 Å². The summed E-state index contributed by atoms with van der Waals surface area (Å²) in [6.45, 7) is 8.37. The minimum atomic E-state index is -0.358. The fourth-order valence-electron chi connectivity index (χ4n) is 1.93. The number of nitrogens with zero attached hydrogens (tertiary/aromatic N) is 3. The van der Waals surface area contributed by atoms with Gasteiger partial charge >= 0.3 is 0 Å². The maximum absolute atomic E-state index is 12.1. The topological polar surface area (TPSA) is 96.2 Å². The Balaban J connectivity index is 3.00. The quantitative estimate of drug-likeness (QED) is 0.518. The van der Waals surface area contributed by atoms with Crippen molar-refractivity contribution in [2.24, 2.45) is 5.84 Å². The lowest BCUT2D eigenvalue weighted by Gasteiger charge is -2.22. The first-order chi connectivity index (χ1) is 9.94. The molecule has 1 rings (SSSR count). The standard InChI is InChI=1S/C14H26N6O/c1-6-8-11-17-12(9(3)13(18-11)19-15)16-10(4)14(21)20(5)7-2/h10H,6-8,15H2,1-5H3,(H2,16,17,18,19). The molecule has 0 bridgehead atoms. The van der Waals surface area contributed by atoms with Crippen LogP contribution in [0.1, 0.15) is 38.6 Å². The van der Waals surface area contributed by atoms with E-state index in [1.807, 2.05) is 20.8 Å². The van der Waals surface area contributed by atoms with Gasteiger partial charge in [0.15, 0.2) is 0 Å². The fraction of sp³-hybridized carbons (Fsp3) is 0.643. The number of aromatic nitrogens is 2. The number of nitrogen functional groups attached to an aromatic ring is 1. The molecule has 0 aromatic carbocycles. The number of nitrogens with one attached hydrogen (secondary N) is 2. The molecule has 7 heteroatoms. The zero-order valence-electron chi connectivity index (χ0n) is 13.5. The molecule has 0 spiro atoms. The zero-order valence-corrected chi connectivity index (χ0v) is 13.5. The third-order valence-corrected chi connectivity index (χ3v) is 3.38. The smallest absolute Gasteiger partial charge is 0.244 e. The van der Waals surface area contributed by atoms with Crippen LogP contribution in [0.25, 0.3) is 0 Å². The van der Waals surface area contributed by atoms with Gasteiger partial charge in [-0.1, -0.05) is 6.92 Å². The number of hydrogen-bond acceptors (Lipinski definition) is 6. The van der Waals surface area contributed by atoms with E-state index in [1.165, 1.54) is 0 Å². The molecule has 4 N–H and O–H groups in total. The first-order valence-corrected chi connectivity index (χ1v) is 7.30. The van der Waals surface area contributed by atoms with Crippen LogP contribution in [0.3, 0.4) is 0 Å². The van der Waals surface area contributed by atoms with Crippen LogP contribution in [0.15, 0.2) is 0 Å². The summed E-state index contributed by atoms with van der Waals surface area (Å²) in [7, 11) is 1.78. The molecule has 0 radical (unpaired) electrons. The Morgan fingerprint density at radius 2 is 1.95 bits per heavy atom. The van der Waals surface area contributed by atoms with Crippen LogP contribution in [0.4, 0.5) is 11.6 Å². The van der Waals surface area contributed by atoms with Gasteiger partial charge in [0.2, 0.25) is 5.91 Å². The van der Waals surface area contributed by atoms with Gasteiger partial charge in [0.1, 0.15) is 23.5 Å².